The Hall–Kier alpha value is -1.38. The Labute approximate surface area is 98.0 Å². The van der Waals surface area contributed by atoms with E-state index in [-0.39, 0.29) is 0 Å². The number of nitrogens with zero attached hydrogens (tertiary/aromatic N) is 2. The topological polar surface area (TPSA) is 37.3 Å². The van der Waals surface area contributed by atoms with Gasteiger partial charge in [-0.2, -0.15) is 0 Å². The van der Waals surface area contributed by atoms with E-state index >= 15 is 0 Å². The van der Waals surface area contributed by atoms with Crippen LogP contribution < -0.4 is 5.32 Å². The van der Waals surface area contributed by atoms with Gasteiger partial charge in [-0.3, -0.25) is 0 Å². The fraction of sp³-hybridized carbons (Fsp3) is 0.538. The highest BCUT2D eigenvalue weighted by Gasteiger charge is 2.00. The average molecular weight is 219 g/mol. The molecule has 3 heteroatoms. The molecule has 1 aromatic heterocycles. The maximum Gasteiger partial charge on any atom is 0.175 e. The third-order valence-electron chi connectivity index (χ3n) is 2.27. The minimum absolute atomic E-state index is 0.795. The van der Waals surface area contributed by atoms with Crippen LogP contribution in [0.25, 0.3) is 0 Å². The van der Waals surface area contributed by atoms with E-state index < -0.39 is 0 Å². The number of aliphatic imine (C=N–C) groups is 1. The van der Waals surface area contributed by atoms with E-state index in [1.54, 1.807) is 0 Å². The van der Waals surface area contributed by atoms with Crippen LogP contribution in [0.3, 0.4) is 0 Å². The Balaban J connectivity index is 2.73. The summed E-state index contributed by atoms with van der Waals surface area (Å²) >= 11 is 0. The summed E-state index contributed by atoms with van der Waals surface area (Å²) in [4.78, 5) is 8.74. The fourth-order valence-electron chi connectivity index (χ4n) is 1.43. The van der Waals surface area contributed by atoms with Gasteiger partial charge in [0.25, 0.3) is 0 Å². The zero-order valence-electron chi connectivity index (χ0n) is 10.5. The van der Waals surface area contributed by atoms with Gasteiger partial charge < -0.3 is 5.32 Å². The molecule has 0 saturated carbocycles. The van der Waals surface area contributed by atoms with Gasteiger partial charge >= 0.3 is 0 Å². The lowest BCUT2D eigenvalue weighted by atomic mass is 10.2. The Morgan fingerprint density at radius 1 is 1.44 bits per heavy atom. The van der Waals surface area contributed by atoms with E-state index in [2.05, 4.69) is 35.2 Å². The van der Waals surface area contributed by atoms with Gasteiger partial charge in [0.05, 0.1) is 5.69 Å². The second kappa shape index (κ2) is 6.99. The number of aryl methyl sites for hydroxylation is 1. The molecule has 88 valence electrons. The SMILES string of the molecule is CCCC/C=N\c1ncc(C)cc1NCC. The summed E-state index contributed by atoms with van der Waals surface area (Å²) in [6.07, 6.45) is 7.23. The van der Waals surface area contributed by atoms with Gasteiger partial charge in [-0.25, -0.2) is 9.98 Å². The van der Waals surface area contributed by atoms with Gasteiger partial charge in [-0.05, 0) is 38.3 Å². The summed E-state index contributed by atoms with van der Waals surface area (Å²) in [5.74, 6) is 0.795. The lowest BCUT2D eigenvalue weighted by Crippen LogP contribution is -1.98. The molecule has 0 aliphatic carbocycles. The molecule has 1 N–H and O–H groups in total. The number of hydrogen-bond donors (Lipinski definition) is 1. The molecule has 1 rings (SSSR count). The summed E-state index contributed by atoms with van der Waals surface area (Å²) in [5.41, 5.74) is 2.18. The van der Waals surface area contributed by atoms with Crippen molar-refractivity contribution in [1.29, 1.82) is 0 Å². The van der Waals surface area contributed by atoms with Crippen molar-refractivity contribution < 1.29 is 0 Å². The Bertz CT molecular complexity index is 345. The maximum atomic E-state index is 4.40. The van der Waals surface area contributed by atoms with Gasteiger partial charge in [0.15, 0.2) is 5.82 Å². The average Bonchev–Trinajstić information content (AvgIpc) is 2.27. The van der Waals surface area contributed by atoms with E-state index in [4.69, 9.17) is 0 Å². The van der Waals surface area contributed by atoms with Crippen molar-refractivity contribution in [3.63, 3.8) is 0 Å². The van der Waals surface area contributed by atoms with Crippen molar-refractivity contribution in [2.24, 2.45) is 4.99 Å². The zero-order chi connectivity index (χ0) is 11.8. The van der Waals surface area contributed by atoms with Crippen LogP contribution in [-0.4, -0.2) is 17.7 Å². The molecule has 0 saturated heterocycles. The molecule has 0 aromatic carbocycles. The molecule has 1 heterocycles. The van der Waals surface area contributed by atoms with E-state index in [9.17, 15) is 0 Å². The van der Waals surface area contributed by atoms with Crippen molar-refractivity contribution in [2.75, 3.05) is 11.9 Å². The number of pyridine rings is 1. The van der Waals surface area contributed by atoms with E-state index in [0.717, 1.165) is 30.0 Å². The first-order chi connectivity index (χ1) is 7.77. The molecule has 0 fully saturated rings. The maximum absolute atomic E-state index is 4.40. The lowest BCUT2D eigenvalue weighted by molar-refractivity contribution is 0.842. The highest BCUT2D eigenvalue weighted by molar-refractivity contribution is 5.69. The van der Waals surface area contributed by atoms with Crippen molar-refractivity contribution in [2.45, 2.75) is 40.0 Å². The van der Waals surface area contributed by atoms with Crippen molar-refractivity contribution in [3.05, 3.63) is 17.8 Å². The van der Waals surface area contributed by atoms with Crippen LogP contribution >= 0.6 is 0 Å². The van der Waals surface area contributed by atoms with Crippen LogP contribution in [-0.2, 0) is 0 Å². The number of anilines is 1. The Morgan fingerprint density at radius 2 is 2.25 bits per heavy atom. The van der Waals surface area contributed by atoms with E-state index in [1.807, 2.05) is 19.3 Å². The molecule has 16 heavy (non-hydrogen) atoms. The minimum atomic E-state index is 0.795. The van der Waals surface area contributed by atoms with Gasteiger partial charge in [0.1, 0.15) is 0 Å². The first kappa shape index (κ1) is 12.7. The molecular formula is C13H21N3. The smallest absolute Gasteiger partial charge is 0.175 e. The molecule has 0 atom stereocenters. The molecule has 0 spiro atoms. The van der Waals surface area contributed by atoms with Crippen molar-refractivity contribution >= 4 is 17.7 Å². The lowest BCUT2D eigenvalue weighted by Gasteiger charge is -2.06. The molecule has 0 radical (unpaired) electrons. The molecule has 0 aliphatic heterocycles. The van der Waals surface area contributed by atoms with Gasteiger partial charge in [-0.1, -0.05) is 13.3 Å². The number of nitrogens with one attached hydrogen (secondary N) is 1. The second-order valence-corrected chi connectivity index (χ2v) is 3.87. The largest absolute Gasteiger partial charge is 0.382 e. The number of rotatable bonds is 6. The van der Waals surface area contributed by atoms with Crippen LogP contribution in [0.4, 0.5) is 11.5 Å². The molecule has 0 bridgehead atoms. The van der Waals surface area contributed by atoms with Gasteiger partial charge in [-0.15, -0.1) is 0 Å². The van der Waals surface area contributed by atoms with Crippen LogP contribution in [0.2, 0.25) is 0 Å². The van der Waals surface area contributed by atoms with Crippen LogP contribution in [0.5, 0.6) is 0 Å². The molecule has 0 aliphatic rings. The Morgan fingerprint density at radius 3 is 2.94 bits per heavy atom. The molecule has 3 nitrogen and oxygen atoms in total. The predicted octanol–water partition coefficient (Wildman–Crippen LogP) is 3.71. The summed E-state index contributed by atoms with van der Waals surface area (Å²) in [6, 6.07) is 2.09. The van der Waals surface area contributed by atoms with Crippen LogP contribution in [0.15, 0.2) is 17.3 Å². The predicted molar refractivity (Wildman–Crippen MR) is 70.8 cm³/mol. The summed E-state index contributed by atoms with van der Waals surface area (Å²) in [7, 11) is 0. The van der Waals surface area contributed by atoms with E-state index in [0.29, 0.717) is 0 Å². The zero-order valence-corrected chi connectivity index (χ0v) is 10.5. The third kappa shape index (κ3) is 4.01. The molecule has 0 amide bonds. The molecule has 1 aromatic rings. The number of hydrogen-bond acceptors (Lipinski definition) is 3. The normalized spacial score (nSPS) is 10.9. The minimum Gasteiger partial charge on any atom is -0.382 e. The first-order valence-corrected chi connectivity index (χ1v) is 6.01. The molecular weight excluding hydrogens is 198 g/mol. The highest BCUT2D eigenvalue weighted by atomic mass is 15.0. The first-order valence-electron chi connectivity index (χ1n) is 6.01. The standard InChI is InChI=1S/C13H21N3/c1-4-6-7-8-15-13-12(14-5-2)9-11(3)10-16-13/h8-10,14H,4-7H2,1-3H3/b15-8-. The van der Waals surface area contributed by atoms with Crippen molar-refractivity contribution in [1.82, 2.24) is 4.98 Å². The van der Waals surface area contributed by atoms with Gasteiger partial charge in [0.2, 0.25) is 0 Å². The van der Waals surface area contributed by atoms with Gasteiger partial charge in [0, 0.05) is 19.0 Å². The second-order valence-electron chi connectivity index (χ2n) is 3.87. The Kier molecular flexibility index (Phi) is 5.54. The summed E-state index contributed by atoms with van der Waals surface area (Å²) in [5, 5.41) is 3.28. The molecule has 0 unspecified atom stereocenters. The van der Waals surface area contributed by atoms with Crippen molar-refractivity contribution in [3.8, 4) is 0 Å². The van der Waals surface area contributed by atoms with Crippen LogP contribution in [0, 0.1) is 6.92 Å². The number of unbranched alkanes of at least 4 members (excludes halogenated alkanes) is 2. The summed E-state index contributed by atoms with van der Waals surface area (Å²) < 4.78 is 0. The fourth-order valence-corrected chi connectivity index (χ4v) is 1.43. The highest BCUT2D eigenvalue weighted by Crippen LogP contribution is 2.22. The van der Waals surface area contributed by atoms with Crippen LogP contribution in [0.1, 0.15) is 38.7 Å². The monoisotopic (exact) mass is 219 g/mol. The number of aromatic nitrogens is 1. The summed E-state index contributed by atoms with van der Waals surface area (Å²) in [6.45, 7) is 7.19. The third-order valence-corrected chi connectivity index (χ3v) is 2.27. The van der Waals surface area contributed by atoms with E-state index in [1.165, 1.54) is 12.8 Å². The quantitative estimate of drug-likeness (QED) is 0.585.